The molecule has 2 heterocycles. The fraction of sp³-hybridized carbons (Fsp3) is 0.400. The van der Waals surface area contributed by atoms with Gasteiger partial charge in [0.2, 0.25) is 5.91 Å². The normalized spacial score (nSPS) is 14.8. The predicted octanol–water partition coefficient (Wildman–Crippen LogP) is 1.27. The van der Waals surface area contributed by atoms with Crippen molar-refractivity contribution in [2.24, 2.45) is 0 Å². The Balaban J connectivity index is 1.69. The summed E-state index contributed by atoms with van der Waals surface area (Å²) < 4.78 is 19.1. The van der Waals surface area contributed by atoms with Crippen LogP contribution in [0.3, 0.4) is 0 Å². The first kappa shape index (κ1) is 15.4. The molecule has 1 fully saturated rings. The summed E-state index contributed by atoms with van der Waals surface area (Å²) in [5, 5.41) is 9.28. The van der Waals surface area contributed by atoms with Crippen molar-refractivity contribution >= 4 is 17.3 Å². The van der Waals surface area contributed by atoms with Gasteiger partial charge in [0, 0.05) is 24.5 Å². The molecule has 0 bridgehead atoms. The average molecular weight is 319 g/mol. The van der Waals surface area contributed by atoms with E-state index in [1.165, 1.54) is 12.1 Å². The Bertz CT molecular complexity index is 697. The van der Waals surface area contributed by atoms with Gasteiger partial charge in [-0.05, 0) is 25.1 Å². The number of aryl methyl sites for hydroxylation is 1. The second kappa shape index (κ2) is 6.74. The number of anilines is 2. The molecule has 8 heteroatoms. The number of hydrogen-bond acceptors (Lipinski definition) is 5. The lowest BCUT2D eigenvalue weighted by atomic mass is 10.2. The Hall–Kier alpha value is -2.48. The molecule has 2 N–H and O–H groups in total. The number of nitrogens with one attached hydrogen (secondary N) is 2. The number of halogens is 1. The van der Waals surface area contributed by atoms with E-state index in [0.717, 1.165) is 5.69 Å². The van der Waals surface area contributed by atoms with Crippen molar-refractivity contribution in [1.29, 1.82) is 0 Å². The van der Waals surface area contributed by atoms with E-state index < -0.39 is 5.82 Å². The summed E-state index contributed by atoms with van der Waals surface area (Å²) in [7, 11) is 0. The van der Waals surface area contributed by atoms with Crippen molar-refractivity contribution in [2.45, 2.75) is 13.3 Å². The maximum Gasteiger partial charge on any atom is 0.232 e. The first-order valence-electron chi connectivity index (χ1n) is 7.41. The molecule has 0 unspecified atom stereocenters. The number of ether oxygens (including phenoxy) is 1. The molecule has 0 saturated carbocycles. The summed E-state index contributed by atoms with van der Waals surface area (Å²) in [6, 6.07) is 4.51. The standard InChI is InChI=1S/C15H18FN5O2/c1-10-17-14(20-19-10)9-15(22)18-12-6-11(16)7-13(8-12)21-2-4-23-5-3-21/h6-8H,2-5,9H2,1H3,(H,18,22)(H,17,19,20). The number of hydrogen-bond donors (Lipinski definition) is 2. The minimum absolute atomic E-state index is 0.0355. The van der Waals surface area contributed by atoms with Crippen molar-refractivity contribution in [3.05, 3.63) is 35.7 Å². The van der Waals surface area contributed by atoms with Crippen molar-refractivity contribution in [3.8, 4) is 0 Å². The molecule has 0 radical (unpaired) electrons. The monoisotopic (exact) mass is 319 g/mol. The van der Waals surface area contributed by atoms with Crippen LogP contribution < -0.4 is 10.2 Å². The second-order valence-electron chi connectivity index (χ2n) is 5.36. The minimum atomic E-state index is -0.391. The molecule has 3 rings (SSSR count). The van der Waals surface area contributed by atoms with Gasteiger partial charge in [-0.2, -0.15) is 5.10 Å². The summed E-state index contributed by atoms with van der Waals surface area (Å²) in [5.74, 6) is 0.374. The van der Waals surface area contributed by atoms with Crippen LogP contribution in [0.5, 0.6) is 0 Å². The first-order chi connectivity index (χ1) is 11.1. The Morgan fingerprint density at radius 2 is 2.17 bits per heavy atom. The molecule has 1 saturated heterocycles. The molecular weight excluding hydrogens is 301 g/mol. The van der Waals surface area contributed by atoms with Crippen molar-refractivity contribution in [1.82, 2.24) is 15.2 Å². The summed E-state index contributed by atoms with van der Waals surface area (Å²) >= 11 is 0. The van der Waals surface area contributed by atoms with Crippen LogP contribution in [0, 0.1) is 12.7 Å². The highest BCUT2D eigenvalue weighted by atomic mass is 19.1. The Morgan fingerprint density at radius 1 is 1.39 bits per heavy atom. The summed E-state index contributed by atoms with van der Waals surface area (Å²) in [5.41, 5.74) is 1.15. The van der Waals surface area contributed by atoms with Gasteiger partial charge in [-0.3, -0.25) is 9.89 Å². The van der Waals surface area contributed by atoms with Gasteiger partial charge < -0.3 is 15.0 Å². The zero-order valence-corrected chi connectivity index (χ0v) is 12.8. The van der Waals surface area contributed by atoms with Gasteiger partial charge >= 0.3 is 0 Å². The topological polar surface area (TPSA) is 83.1 Å². The molecule has 122 valence electrons. The molecule has 1 aliphatic heterocycles. The van der Waals surface area contributed by atoms with Gasteiger partial charge in [0.05, 0.1) is 19.6 Å². The third-order valence-electron chi connectivity index (χ3n) is 3.50. The number of morpholine rings is 1. The number of aromatic amines is 1. The van der Waals surface area contributed by atoms with Crippen LogP contribution in [0.2, 0.25) is 0 Å². The molecule has 1 amide bonds. The molecule has 0 aliphatic carbocycles. The molecule has 0 spiro atoms. The molecule has 23 heavy (non-hydrogen) atoms. The third-order valence-corrected chi connectivity index (χ3v) is 3.50. The van der Waals surface area contributed by atoms with Crippen LogP contribution in [0.15, 0.2) is 18.2 Å². The number of nitrogens with zero attached hydrogens (tertiary/aromatic N) is 3. The van der Waals surface area contributed by atoms with Gasteiger partial charge in [0.15, 0.2) is 5.82 Å². The number of carbonyl (C=O) groups excluding carboxylic acids is 1. The molecular formula is C15H18FN5O2. The number of benzene rings is 1. The average Bonchev–Trinajstić information content (AvgIpc) is 2.92. The van der Waals surface area contributed by atoms with Crippen LogP contribution in [-0.2, 0) is 16.0 Å². The van der Waals surface area contributed by atoms with E-state index in [9.17, 15) is 9.18 Å². The van der Waals surface area contributed by atoms with E-state index in [0.29, 0.717) is 43.6 Å². The van der Waals surface area contributed by atoms with Gasteiger partial charge in [0.25, 0.3) is 0 Å². The quantitative estimate of drug-likeness (QED) is 0.887. The lowest BCUT2D eigenvalue weighted by molar-refractivity contribution is -0.115. The summed E-state index contributed by atoms with van der Waals surface area (Å²) in [6.07, 6.45) is 0.0355. The number of H-pyrrole nitrogens is 1. The van der Waals surface area contributed by atoms with Gasteiger partial charge in [0.1, 0.15) is 11.6 Å². The lowest BCUT2D eigenvalue weighted by Crippen LogP contribution is -2.36. The lowest BCUT2D eigenvalue weighted by Gasteiger charge is -2.29. The zero-order valence-electron chi connectivity index (χ0n) is 12.8. The Labute approximate surface area is 132 Å². The largest absolute Gasteiger partial charge is 0.378 e. The smallest absolute Gasteiger partial charge is 0.232 e. The van der Waals surface area contributed by atoms with E-state index in [-0.39, 0.29) is 12.3 Å². The highest BCUT2D eigenvalue weighted by Gasteiger charge is 2.14. The predicted molar refractivity (Wildman–Crippen MR) is 82.9 cm³/mol. The van der Waals surface area contributed by atoms with Gasteiger partial charge in [-0.25, -0.2) is 9.37 Å². The number of carbonyl (C=O) groups is 1. The highest BCUT2D eigenvalue weighted by molar-refractivity contribution is 5.92. The van der Waals surface area contributed by atoms with E-state index in [2.05, 4.69) is 20.5 Å². The van der Waals surface area contributed by atoms with Gasteiger partial charge in [-0.1, -0.05) is 0 Å². The molecule has 2 aromatic rings. The fourth-order valence-electron chi connectivity index (χ4n) is 2.47. The van der Waals surface area contributed by atoms with Crippen molar-refractivity contribution in [3.63, 3.8) is 0 Å². The molecule has 1 aliphatic rings. The Morgan fingerprint density at radius 3 is 2.87 bits per heavy atom. The summed E-state index contributed by atoms with van der Waals surface area (Å²) in [4.78, 5) is 18.1. The van der Waals surface area contributed by atoms with Crippen LogP contribution in [0.1, 0.15) is 11.6 Å². The molecule has 1 aromatic carbocycles. The van der Waals surface area contributed by atoms with E-state index in [1.807, 2.05) is 4.90 Å². The number of rotatable bonds is 4. The van der Waals surface area contributed by atoms with Crippen molar-refractivity contribution in [2.75, 3.05) is 36.5 Å². The van der Waals surface area contributed by atoms with Crippen LogP contribution in [0.25, 0.3) is 0 Å². The zero-order chi connectivity index (χ0) is 16.2. The van der Waals surface area contributed by atoms with Crippen LogP contribution in [0.4, 0.5) is 15.8 Å². The van der Waals surface area contributed by atoms with E-state index in [4.69, 9.17) is 4.74 Å². The molecule has 7 nitrogen and oxygen atoms in total. The third kappa shape index (κ3) is 4.04. The van der Waals surface area contributed by atoms with E-state index in [1.54, 1.807) is 13.0 Å². The SMILES string of the molecule is Cc1nc(CC(=O)Nc2cc(F)cc(N3CCOCC3)c2)n[nH]1. The Kier molecular flexibility index (Phi) is 4.52. The number of aromatic nitrogens is 3. The summed E-state index contributed by atoms with van der Waals surface area (Å²) in [6.45, 7) is 4.39. The number of amides is 1. The first-order valence-corrected chi connectivity index (χ1v) is 7.41. The second-order valence-corrected chi connectivity index (χ2v) is 5.36. The maximum atomic E-state index is 13.8. The van der Waals surface area contributed by atoms with Gasteiger partial charge in [-0.15, -0.1) is 0 Å². The minimum Gasteiger partial charge on any atom is -0.378 e. The maximum absolute atomic E-state index is 13.8. The molecule has 1 aromatic heterocycles. The van der Waals surface area contributed by atoms with Crippen LogP contribution >= 0.6 is 0 Å². The van der Waals surface area contributed by atoms with Crippen molar-refractivity contribution < 1.29 is 13.9 Å². The fourth-order valence-corrected chi connectivity index (χ4v) is 2.47. The van der Waals surface area contributed by atoms with E-state index >= 15 is 0 Å². The highest BCUT2D eigenvalue weighted by Crippen LogP contribution is 2.23. The molecule has 0 atom stereocenters. The van der Waals surface area contributed by atoms with Crippen LogP contribution in [-0.4, -0.2) is 47.4 Å².